The van der Waals surface area contributed by atoms with Crippen molar-refractivity contribution in [2.45, 2.75) is 19.5 Å². The molecule has 3 N–H and O–H groups in total. The first kappa shape index (κ1) is 15.3. The van der Waals surface area contributed by atoms with Crippen LogP contribution in [0.4, 0.5) is 0 Å². The minimum atomic E-state index is -0.0629. The van der Waals surface area contributed by atoms with Crippen molar-refractivity contribution in [2.24, 2.45) is 5.73 Å². The van der Waals surface area contributed by atoms with E-state index in [1.54, 1.807) is 0 Å². The number of carbonyl (C=O) groups is 1. The normalized spacial score (nSPS) is 12.1. The fraction of sp³-hybridized carbons (Fsp3) is 0.150. The van der Waals surface area contributed by atoms with Gasteiger partial charge in [-0.1, -0.05) is 54.6 Å². The van der Waals surface area contributed by atoms with Crippen molar-refractivity contribution in [3.63, 3.8) is 0 Å². The van der Waals surface area contributed by atoms with Crippen LogP contribution in [0.5, 0.6) is 0 Å². The number of benzene rings is 3. The summed E-state index contributed by atoms with van der Waals surface area (Å²) in [6.07, 6.45) is 0. The SMILES string of the molecule is CC(N)c1ccc(CNC(=O)c2ccc3ccccc3c2)cc1. The van der Waals surface area contributed by atoms with Crippen molar-refractivity contribution in [3.8, 4) is 0 Å². The van der Waals surface area contributed by atoms with E-state index in [2.05, 4.69) is 5.32 Å². The van der Waals surface area contributed by atoms with Crippen molar-refractivity contribution < 1.29 is 4.79 Å². The van der Waals surface area contributed by atoms with Crippen LogP contribution in [0.2, 0.25) is 0 Å². The van der Waals surface area contributed by atoms with Crippen molar-refractivity contribution in [2.75, 3.05) is 0 Å². The van der Waals surface area contributed by atoms with Crippen LogP contribution in [0.1, 0.15) is 34.5 Å². The monoisotopic (exact) mass is 304 g/mol. The highest BCUT2D eigenvalue weighted by Gasteiger charge is 2.06. The van der Waals surface area contributed by atoms with Crippen LogP contribution in [0.15, 0.2) is 66.7 Å². The van der Waals surface area contributed by atoms with Gasteiger partial charge in [0.05, 0.1) is 0 Å². The summed E-state index contributed by atoms with van der Waals surface area (Å²) in [6.45, 7) is 2.46. The third-order valence-electron chi connectivity index (χ3n) is 3.97. The van der Waals surface area contributed by atoms with E-state index in [0.29, 0.717) is 12.1 Å². The molecule has 0 fully saturated rings. The van der Waals surface area contributed by atoms with Gasteiger partial charge in [-0.3, -0.25) is 4.79 Å². The first-order chi connectivity index (χ1) is 11.1. The van der Waals surface area contributed by atoms with Gasteiger partial charge >= 0.3 is 0 Å². The van der Waals surface area contributed by atoms with Crippen molar-refractivity contribution in [1.29, 1.82) is 0 Å². The van der Waals surface area contributed by atoms with Gasteiger partial charge in [0.25, 0.3) is 5.91 Å². The van der Waals surface area contributed by atoms with Crippen LogP contribution in [0.3, 0.4) is 0 Å². The minimum Gasteiger partial charge on any atom is -0.348 e. The quantitative estimate of drug-likeness (QED) is 0.770. The lowest BCUT2D eigenvalue weighted by atomic mass is 10.1. The highest BCUT2D eigenvalue weighted by molar-refractivity contribution is 5.98. The zero-order chi connectivity index (χ0) is 16.2. The van der Waals surface area contributed by atoms with E-state index in [-0.39, 0.29) is 11.9 Å². The molecule has 3 rings (SSSR count). The Bertz CT molecular complexity index is 822. The lowest BCUT2D eigenvalue weighted by Crippen LogP contribution is -2.22. The molecule has 116 valence electrons. The molecule has 0 spiro atoms. The van der Waals surface area contributed by atoms with E-state index >= 15 is 0 Å². The average molecular weight is 304 g/mol. The number of nitrogens with two attached hydrogens (primary N) is 1. The van der Waals surface area contributed by atoms with Crippen LogP contribution < -0.4 is 11.1 Å². The van der Waals surface area contributed by atoms with Gasteiger partial charge in [0, 0.05) is 18.2 Å². The smallest absolute Gasteiger partial charge is 0.251 e. The Labute approximate surface area is 136 Å². The maximum Gasteiger partial charge on any atom is 0.251 e. The van der Waals surface area contributed by atoms with E-state index in [4.69, 9.17) is 5.73 Å². The molecule has 23 heavy (non-hydrogen) atoms. The highest BCUT2D eigenvalue weighted by atomic mass is 16.1. The lowest BCUT2D eigenvalue weighted by molar-refractivity contribution is 0.0951. The van der Waals surface area contributed by atoms with E-state index in [1.165, 1.54) is 0 Å². The van der Waals surface area contributed by atoms with Crippen LogP contribution in [0, 0.1) is 0 Å². The highest BCUT2D eigenvalue weighted by Crippen LogP contribution is 2.16. The molecule has 1 atom stereocenters. The first-order valence-corrected chi connectivity index (χ1v) is 7.75. The Morgan fingerprint density at radius 1 is 1.00 bits per heavy atom. The van der Waals surface area contributed by atoms with Crippen molar-refractivity contribution in [1.82, 2.24) is 5.32 Å². The zero-order valence-corrected chi connectivity index (χ0v) is 13.1. The Hall–Kier alpha value is -2.65. The number of carbonyl (C=O) groups excluding carboxylic acids is 1. The van der Waals surface area contributed by atoms with E-state index < -0.39 is 0 Å². The lowest BCUT2D eigenvalue weighted by Gasteiger charge is -2.09. The van der Waals surface area contributed by atoms with Gasteiger partial charge in [-0.25, -0.2) is 0 Å². The van der Waals surface area contributed by atoms with Crippen LogP contribution in [0.25, 0.3) is 10.8 Å². The summed E-state index contributed by atoms with van der Waals surface area (Å²) in [5, 5.41) is 5.16. The largest absolute Gasteiger partial charge is 0.348 e. The maximum atomic E-state index is 12.3. The molecule has 0 heterocycles. The van der Waals surface area contributed by atoms with E-state index in [0.717, 1.165) is 21.9 Å². The minimum absolute atomic E-state index is 0.0243. The molecule has 3 aromatic carbocycles. The molecular formula is C20H20N2O. The number of rotatable bonds is 4. The van der Waals surface area contributed by atoms with Gasteiger partial charge in [-0.05, 0) is 41.0 Å². The Morgan fingerprint density at radius 2 is 1.70 bits per heavy atom. The standard InChI is InChI=1S/C20H20N2O/c1-14(21)16-8-6-15(7-9-16)13-22-20(23)19-11-10-17-4-2-3-5-18(17)12-19/h2-12,14H,13,21H2,1H3,(H,22,23). The fourth-order valence-electron chi connectivity index (χ4n) is 2.55. The molecule has 0 bridgehead atoms. The summed E-state index contributed by atoms with van der Waals surface area (Å²) in [5.74, 6) is -0.0629. The Balaban J connectivity index is 1.68. The number of fused-ring (bicyclic) bond motifs is 1. The Kier molecular flexibility index (Phi) is 4.40. The van der Waals surface area contributed by atoms with Crippen LogP contribution >= 0.6 is 0 Å². The van der Waals surface area contributed by atoms with Gasteiger partial charge in [0.2, 0.25) is 0 Å². The number of hydrogen-bond donors (Lipinski definition) is 2. The van der Waals surface area contributed by atoms with Crippen molar-refractivity contribution >= 4 is 16.7 Å². The maximum absolute atomic E-state index is 12.3. The molecule has 3 heteroatoms. The molecule has 0 radical (unpaired) electrons. The molecular weight excluding hydrogens is 284 g/mol. The van der Waals surface area contributed by atoms with Gasteiger partial charge in [-0.2, -0.15) is 0 Å². The molecule has 0 aliphatic heterocycles. The van der Waals surface area contributed by atoms with Crippen molar-refractivity contribution in [3.05, 3.63) is 83.4 Å². The topological polar surface area (TPSA) is 55.1 Å². The molecule has 3 nitrogen and oxygen atoms in total. The van der Waals surface area contributed by atoms with E-state index in [9.17, 15) is 4.79 Å². The van der Waals surface area contributed by atoms with Gasteiger partial charge in [0.15, 0.2) is 0 Å². The van der Waals surface area contributed by atoms with E-state index in [1.807, 2.05) is 73.7 Å². The summed E-state index contributed by atoms with van der Waals surface area (Å²) in [7, 11) is 0. The Morgan fingerprint density at radius 3 is 2.39 bits per heavy atom. The molecule has 0 aliphatic rings. The second-order valence-corrected chi connectivity index (χ2v) is 5.77. The average Bonchev–Trinajstić information content (AvgIpc) is 2.59. The summed E-state index contributed by atoms with van der Waals surface area (Å²) < 4.78 is 0. The molecule has 0 saturated heterocycles. The molecule has 1 unspecified atom stereocenters. The second kappa shape index (κ2) is 6.63. The van der Waals surface area contributed by atoms with Crippen LogP contribution in [-0.4, -0.2) is 5.91 Å². The van der Waals surface area contributed by atoms with Gasteiger partial charge < -0.3 is 11.1 Å². The second-order valence-electron chi connectivity index (χ2n) is 5.77. The molecule has 1 amide bonds. The summed E-state index contributed by atoms with van der Waals surface area (Å²) in [4.78, 5) is 12.3. The predicted molar refractivity (Wildman–Crippen MR) is 94.2 cm³/mol. The third kappa shape index (κ3) is 3.58. The summed E-state index contributed by atoms with van der Waals surface area (Å²) >= 11 is 0. The molecule has 3 aromatic rings. The fourth-order valence-corrected chi connectivity index (χ4v) is 2.55. The van der Waals surface area contributed by atoms with Gasteiger partial charge in [0.1, 0.15) is 0 Å². The van der Waals surface area contributed by atoms with Crippen LogP contribution in [-0.2, 0) is 6.54 Å². The summed E-state index contributed by atoms with van der Waals surface area (Å²) in [5.41, 5.74) is 8.67. The molecule has 0 aliphatic carbocycles. The number of nitrogens with one attached hydrogen (secondary N) is 1. The van der Waals surface area contributed by atoms with Gasteiger partial charge in [-0.15, -0.1) is 0 Å². The molecule has 0 aromatic heterocycles. The zero-order valence-electron chi connectivity index (χ0n) is 13.1. The third-order valence-corrected chi connectivity index (χ3v) is 3.97. The predicted octanol–water partition coefficient (Wildman–Crippen LogP) is 3.79. The summed E-state index contributed by atoms with van der Waals surface area (Å²) in [6, 6.07) is 21.8. The first-order valence-electron chi connectivity index (χ1n) is 7.75. The number of hydrogen-bond acceptors (Lipinski definition) is 2. The number of amides is 1. The molecule has 0 saturated carbocycles.